The molecule has 3 aromatic rings. The number of ether oxygens (including phenoxy) is 1. The Balaban J connectivity index is 1.78. The number of nitrogens with one attached hydrogen (secondary N) is 2. The van der Waals surface area contributed by atoms with Gasteiger partial charge in [-0.25, -0.2) is 23.3 Å². The van der Waals surface area contributed by atoms with Gasteiger partial charge in [-0.3, -0.25) is 0 Å². The summed E-state index contributed by atoms with van der Waals surface area (Å²) in [5.41, 5.74) is 1.72. The molecule has 0 saturated heterocycles. The number of aromatic nitrogens is 4. The summed E-state index contributed by atoms with van der Waals surface area (Å²) < 4.78 is 36.2. The number of likely N-dealkylation sites (N-methyl/N-ethyl adjacent to an activating group) is 1. The third-order valence-corrected chi connectivity index (χ3v) is 5.65. The maximum atomic E-state index is 14.7. The van der Waals surface area contributed by atoms with Gasteiger partial charge < -0.3 is 15.4 Å². The second-order valence-corrected chi connectivity index (χ2v) is 7.60. The third-order valence-electron chi connectivity index (χ3n) is 5.65. The quantitative estimate of drug-likeness (QED) is 0.582. The minimum Gasteiger partial charge on any atom is -0.495 e. The number of rotatable bonds is 8. The lowest BCUT2D eigenvalue weighted by atomic mass is 9.82. The van der Waals surface area contributed by atoms with Gasteiger partial charge in [-0.2, -0.15) is 5.10 Å². The molecule has 1 saturated carbocycles. The molecule has 0 amide bonds. The van der Waals surface area contributed by atoms with E-state index in [1.807, 2.05) is 14.0 Å². The molecule has 1 atom stereocenters. The Morgan fingerprint density at radius 1 is 1.27 bits per heavy atom. The Morgan fingerprint density at radius 3 is 2.70 bits per heavy atom. The van der Waals surface area contributed by atoms with Crippen LogP contribution in [0.3, 0.4) is 0 Å². The summed E-state index contributed by atoms with van der Waals surface area (Å²) in [6.07, 6.45) is 5.50. The molecule has 1 aliphatic rings. The molecule has 1 unspecified atom stereocenters. The van der Waals surface area contributed by atoms with Gasteiger partial charge in [0.05, 0.1) is 13.3 Å². The molecule has 0 radical (unpaired) electrons. The molecule has 1 fully saturated rings. The van der Waals surface area contributed by atoms with Gasteiger partial charge >= 0.3 is 0 Å². The minimum atomic E-state index is -0.760. The highest BCUT2D eigenvalue weighted by molar-refractivity contribution is 5.63. The van der Waals surface area contributed by atoms with E-state index in [4.69, 9.17) is 9.84 Å². The topological polar surface area (TPSA) is 76.4 Å². The summed E-state index contributed by atoms with van der Waals surface area (Å²) in [6.45, 7) is 2.62. The van der Waals surface area contributed by atoms with Crippen molar-refractivity contribution in [3.05, 3.63) is 35.7 Å². The van der Waals surface area contributed by atoms with E-state index in [0.717, 1.165) is 37.4 Å². The van der Waals surface area contributed by atoms with E-state index >= 15 is 0 Å². The lowest BCUT2D eigenvalue weighted by Crippen LogP contribution is -2.31. The van der Waals surface area contributed by atoms with Crippen LogP contribution in [-0.2, 0) is 0 Å². The first-order valence-corrected chi connectivity index (χ1v) is 10.3. The van der Waals surface area contributed by atoms with Gasteiger partial charge in [0.15, 0.2) is 23.1 Å². The Labute approximate surface area is 173 Å². The molecular weight excluding hydrogens is 390 g/mol. The van der Waals surface area contributed by atoms with Crippen molar-refractivity contribution in [2.24, 2.45) is 0 Å². The number of fused-ring (bicyclic) bond motifs is 1. The van der Waals surface area contributed by atoms with Crippen molar-refractivity contribution in [1.82, 2.24) is 24.9 Å². The normalized spacial score (nSPS) is 15.2. The molecule has 4 rings (SSSR count). The SMILES string of the molecule is CCC(CNC)Nc1nc(-c2cnc3cc(OC)c(C4CCC4)nn23)c(F)cc1F. The Hall–Kier alpha value is -2.81. The fraction of sp³-hybridized carbons (Fsp3) is 0.476. The molecule has 160 valence electrons. The van der Waals surface area contributed by atoms with Gasteiger partial charge in [0.25, 0.3) is 0 Å². The maximum absolute atomic E-state index is 14.7. The lowest BCUT2D eigenvalue weighted by molar-refractivity contribution is 0.362. The Morgan fingerprint density at radius 2 is 2.07 bits per heavy atom. The van der Waals surface area contributed by atoms with Gasteiger partial charge in [0.2, 0.25) is 0 Å². The van der Waals surface area contributed by atoms with Crippen molar-refractivity contribution in [1.29, 1.82) is 0 Å². The number of halogens is 2. The number of pyridine rings is 1. The summed E-state index contributed by atoms with van der Waals surface area (Å²) in [4.78, 5) is 8.60. The van der Waals surface area contributed by atoms with E-state index in [1.54, 1.807) is 17.7 Å². The van der Waals surface area contributed by atoms with E-state index in [2.05, 4.69) is 20.6 Å². The first kappa shape index (κ1) is 20.5. The van der Waals surface area contributed by atoms with Crippen molar-refractivity contribution in [3.63, 3.8) is 0 Å². The Bertz CT molecular complexity index is 1050. The zero-order valence-corrected chi connectivity index (χ0v) is 17.4. The summed E-state index contributed by atoms with van der Waals surface area (Å²) in [5, 5.41) is 10.8. The summed E-state index contributed by atoms with van der Waals surface area (Å²) in [6, 6.07) is 2.61. The maximum Gasteiger partial charge on any atom is 0.168 e. The van der Waals surface area contributed by atoms with Crippen LogP contribution in [0.25, 0.3) is 17.0 Å². The molecule has 2 N–H and O–H groups in total. The second-order valence-electron chi connectivity index (χ2n) is 7.60. The summed E-state index contributed by atoms with van der Waals surface area (Å²) in [7, 11) is 3.43. The molecule has 3 heterocycles. The average Bonchev–Trinajstić information content (AvgIpc) is 3.10. The summed E-state index contributed by atoms with van der Waals surface area (Å²) in [5.74, 6) is -0.489. The van der Waals surface area contributed by atoms with Gasteiger partial charge in [-0.05, 0) is 26.3 Å². The van der Waals surface area contributed by atoms with Crippen LogP contribution in [0.2, 0.25) is 0 Å². The molecule has 9 heteroatoms. The van der Waals surface area contributed by atoms with E-state index in [9.17, 15) is 8.78 Å². The number of imidazole rings is 1. The summed E-state index contributed by atoms with van der Waals surface area (Å²) >= 11 is 0. The fourth-order valence-corrected chi connectivity index (χ4v) is 3.69. The van der Waals surface area contributed by atoms with Gasteiger partial charge in [0, 0.05) is 30.6 Å². The van der Waals surface area contributed by atoms with E-state index in [1.165, 1.54) is 6.20 Å². The lowest BCUT2D eigenvalue weighted by Gasteiger charge is -2.26. The highest BCUT2D eigenvalue weighted by atomic mass is 19.1. The first-order chi connectivity index (χ1) is 14.5. The predicted molar refractivity (Wildman–Crippen MR) is 111 cm³/mol. The highest BCUT2D eigenvalue weighted by Crippen LogP contribution is 2.40. The molecule has 7 nitrogen and oxygen atoms in total. The van der Waals surface area contributed by atoms with Crippen molar-refractivity contribution in [2.45, 2.75) is 44.6 Å². The fourth-order valence-electron chi connectivity index (χ4n) is 3.69. The van der Waals surface area contributed by atoms with Crippen LogP contribution in [-0.4, -0.2) is 46.3 Å². The van der Waals surface area contributed by atoms with Crippen molar-refractivity contribution in [3.8, 4) is 17.1 Å². The Kier molecular flexibility index (Phi) is 5.80. The molecule has 3 aromatic heterocycles. The van der Waals surface area contributed by atoms with Crippen LogP contribution in [0.4, 0.5) is 14.6 Å². The van der Waals surface area contributed by atoms with Crippen LogP contribution >= 0.6 is 0 Å². The molecule has 0 aliphatic heterocycles. The van der Waals surface area contributed by atoms with E-state index in [0.29, 0.717) is 29.6 Å². The largest absolute Gasteiger partial charge is 0.495 e. The number of hydrogen-bond acceptors (Lipinski definition) is 6. The molecule has 1 aliphatic carbocycles. The van der Waals surface area contributed by atoms with Crippen LogP contribution in [0.15, 0.2) is 18.3 Å². The predicted octanol–water partition coefficient (Wildman–Crippen LogP) is 3.76. The van der Waals surface area contributed by atoms with Crippen LogP contribution in [0.1, 0.15) is 44.2 Å². The van der Waals surface area contributed by atoms with E-state index in [-0.39, 0.29) is 17.6 Å². The number of nitrogens with zero attached hydrogens (tertiary/aromatic N) is 4. The monoisotopic (exact) mass is 416 g/mol. The van der Waals surface area contributed by atoms with Crippen molar-refractivity contribution in [2.75, 3.05) is 26.0 Å². The van der Waals surface area contributed by atoms with Crippen molar-refractivity contribution < 1.29 is 13.5 Å². The smallest absolute Gasteiger partial charge is 0.168 e. The van der Waals surface area contributed by atoms with Crippen molar-refractivity contribution >= 4 is 11.5 Å². The second kappa shape index (κ2) is 8.51. The average molecular weight is 416 g/mol. The van der Waals surface area contributed by atoms with Gasteiger partial charge in [0.1, 0.15) is 22.8 Å². The highest BCUT2D eigenvalue weighted by Gasteiger charge is 2.27. The molecule has 0 bridgehead atoms. The van der Waals surface area contributed by atoms with Crippen LogP contribution < -0.4 is 15.4 Å². The standard InChI is InChI=1S/C21H26F2N6O/c1-4-13(10-24-2)26-21-15(23)8-14(22)20(27-21)16-11-25-18-9-17(30-3)19(28-29(16)18)12-6-5-7-12/h8-9,11-13,24H,4-7,10H2,1-3H3,(H,26,27). The third kappa shape index (κ3) is 3.69. The number of hydrogen-bond donors (Lipinski definition) is 2. The van der Waals surface area contributed by atoms with Gasteiger partial charge in [-0.1, -0.05) is 13.3 Å². The molecule has 0 spiro atoms. The minimum absolute atomic E-state index is 0.00272. The van der Waals surface area contributed by atoms with Crippen LogP contribution in [0.5, 0.6) is 5.75 Å². The number of methoxy groups -OCH3 is 1. The molecule has 30 heavy (non-hydrogen) atoms. The molecule has 0 aromatic carbocycles. The molecular formula is C21H26F2N6O. The van der Waals surface area contributed by atoms with Crippen LogP contribution in [0, 0.1) is 11.6 Å². The number of anilines is 1. The first-order valence-electron chi connectivity index (χ1n) is 10.3. The zero-order valence-electron chi connectivity index (χ0n) is 17.4. The van der Waals surface area contributed by atoms with Gasteiger partial charge in [-0.15, -0.1) is 0 Å². The zero-order chi connectivity index (χ0) is 21.3. The van der Waals surface area contributed by atoms with E-state index < -0.39 is 11.6 Å².